The number of aromatic amines is 1. The molecule has 1 heterocycles. The molecule has 0 radical (unpaired) electrons. The van der Waals surface area contributed by atoms with Crippen LogP contribution >= 0.6 is 11.6 Å². The van der Waals surface area contributed by atoms with E-state index in [0.29, 0.717) is 16.1 Å². The number of rotatable bonds is 2. The van der Waals surface area contributed by atoms with E-state index in [1.807, 2.05) is 32.0 Å². The van der Waals surface area contributed by atoms with Gasteiger partial charge in [-0.1, -0.05) is 23.7 Å². The van der Waals surface area contributed by atoms with E-state index in [-0.39, 0.29) is 5.78 Å². The number of nitrogens with one attached hydrogen (secondary N) is 1. The second-order valence-electron chi connectivity index (χ2n) is 3.80. The lowest BCUT2D eigenvalue weighted by Crippen LogP contribution is -2.02. The molecule has 0 aliphatic rings. The molecule has 0 saturated carbocycles. The lowest BCUT2D eigenvalue weighted by molar-refractivity contribution is 0.103. The predicted molar refractivity (Wildman–Crippen MR) is 65.2 cm³/mol. The first-order valence-electron chi connectivity index (χ1n) is 5.05. The van der Waals surface area contributed by atoms with Crippen molar-refractivity contribution >= 4 is 17.4 Å². The Morgan fingerprint density at radius 3 is 2.44 bits per heavy atom. The third-order valence-corrected chi connectivity index (χ3v) is 2.84. The zero-order chi connectivity index (χ0) is 11.7. The molecule has 0 aliphatic carbocycles. The smallest absolute Gasteiger partial charge is 0.196 e. The highest BCUT2D eigenvalue weighted by molar-refractivity contribution is 6.35. The normalized spacial score (nSPS) is 10.4. The average molecular weight is 234 g/mol. The van der Waals surface area contributed by atoms with E-state index in [1.54, 1.807) is 12.1 Å². The number of hydrogen-bond acceptors (Lipinski definition) is 1. The third-order valence-electron chi connectivity index (χ3n) is 2.51. The maximum absolute atomic E-state index is 12.2. The molecule has 2 aromatic rings. The number of hydrogen-bond donors (Lipinski definition) is 1. The molecule has 1 aromatic carbocycles. The van der Waals surface area contributed by atoms with Gasteiger partial charge in [0.15, 0.2) is 5.78 Å². The van der Waals surface area contributed by atoms with Gasteiger partial charge in [-0.25, -0.2) is 0 Å². The van der Waals surface area contributed by atoms with E-state index in [2.05, 4.69) is 4.98 Å². The quantitative estimate of drug-likeness (QED) is 0.791. The van der Waals surface area contributed by atoms with Crippen molar-refractivity contribution in [1.29, 1.82) is 0 Å². The van der Waals surface area contributed by atoms with Gasteiger partial charge in [-0.05, 0) is 32.0 Å². The molecule has 82 valence electrons. The molecule has 0 spiro atoms. The molecule has 2 nitrogen and oxygen atoms in total. The molecule has 1 N–H and O–H groups in total. The molecule has 0 atom stereocenters. The molecule has 3 heteroatoms. The number of ketones is 1. The fraction of sp³-hybridized carbons (Fsp3) is 0.154. The monoisotopic (exact) mass is 233 g/mol. The Morgan fingerprint density at radius 2 is 1.88 bits per heavy atom. The number of carbonyl (C=O) groups is 1. The van der Waals surface area contributed by atoms with Crippen LogP contribution in [0.3, 0.4) is 0 Å². The van der Waals surface area contributed by atoms with E-state index in [9.17, 15) is 4.79 Å². The summed E-state index contributed by atoms with van der Waals surface area (Å²) >= 11 is 6.00. The number of halogens is 1. The molecule has 0 amide bonds. The first kappa shape index (κ1) is 11.0. The van der Waals surface area contributed by atoms with Crippen molar-refractivity contribution in [2.45, 2.75) is 13.8 Å². The maximum Gasteiger partial charge on any atom is 0.196 e. The highest BCUT2D eigenvalue weighted by Gasteiger charge is 2.15. The molecule has 0 aliphatic heterocycles. The topological polar surface area (TPSA) is 32.9 Å². The summed E-state index contributed by atoms with van der Waals surface area (Å²) in [6.45, 7) is 3.81. The summed E-state index contributed by atoms with van der Waals surface area (Å²) in [4.78, 5) is 15.3. The van der Waals surface area contributed by atoms with Gasteiger partial charge in [0.05, 0.1) is 5.02 Å². The van der Waals surface area contributed by atoms with Gasteiger partial charge in [0.2, 0.25) is 0 Å². The Balaban J connectivity index is 2.47. The van der Waals surface area contributed by atoms with Crippen LogP contribution in [0.15, 0.2) is 30.3 Å². The summed E-state index contributed by atoms with van der Waals surface area (Å²) in [5.41, 5.74) is 3.09. The zero-order valence-corrected chi connectivity index (χ0v) is 9.93. The highest BCUT2D eigenvalue weighted by atomic mass is 35.5. The Morgan fingerprint density at radius 1 is 1.19 bits per heavy atom. The van der Waals surface area contributed by atoms with Crippen LogP contribution in [-0.4, -0.2) is 10.8 Å². The first-order chi connectivity index (χ1) is 7.59. The average Bonchev–Trinajstić information content (AvgIpc) is 2.58. The second kappa shape index (κ2) is 4.14. The Hall–Kier alpha value is -1.54. The fourth-order valence-electron chi connectivity index (χ4n) is 1.75. The van der Waals surface area contributed by atoms with Crippen LogP contribution in [0.1, 0.15) is 27.3 Å². The van der Waals surface area contributed by atoms with Crippen LogP contribution in [0, 0.1) is 13.8 Å². The van der Waals surface area contributed by atoms with E-state index in [1.165, 1.54) is 0 Å². The van der Waals surface area contributed by atoms with Gasteiger partial charge in [-0.3, -0.25) is 4.79 Å². The minimum atomic E-state index is -0.0348. The van der Waals surface area contributed by atoms with E-state index in [4.69, 9.17) is 11.6 Å². The van der Waals surface area contributed by atoms with Crippen LogP contribution in [-0.2, 0) is 0 Å². The lowest BCUT2D eigenvalue weighted by atomic mass is 10.0. The Kier molecular flexibility index (Phi) is 2.84. The molecule has 0 unspecified atom stereocenters. The van der Waals surface area contributed by atoms with Crippen molar-refractivity contribution in [3.05, 3.63) is 57.9 Å². The van der Waals surface area contributed by atoms with Crippen molar-refractivity contribution in [3.8, 4) is 0 Å². The van der Waals surface area contributed by atoms with Gasteiger partial charge in [0.1, 0.15) is 0 Å². The number of benzene rings is 1. The third kappa shape index (κ3) is 1.89. The predicted octanol–water partition coefficient (Wildman–Crippen LogP) is 3.52. The molecule has 0 bridgehead atoms. The van der Waals surface area contributed by atoms with E-state index < -0.39 is 0 Å². The lowest BCUT2D eigenvalue weighted by Gasteiger charge is -2.02. The van der Waals surface area contributed by atoms with E-state index in [0.717, 1.165) is 11.4 Å². The van der Waals surface area contributed by atoms with Gasteiger partial charge in [0, 0.05) is 22.5 Å². The van der Waals surface area contributed by atoms with Gasteiger partial charge < -0.3 is 4.98 Å². The summed E-state index contributed by atoms with van der Waals surface area (Å²) in [5, 5.41) is 0.491. The summed E-state index contributed by atoms with van der Waals surface area (Å²) in [6.07, 6.45) is 0. The molecular formula is C13H12ClNO. The largest absolute Gasteiger partial charge is 0.362 e. The number of carbonyl (C=O) groups excluding carboxylic acids is 1. The fourth-order valence-corrected chi connectivity index (χ4v) is 1.97. The van der Waals surface area contributed by atoms with Gasteiger partial charge in [-0.15, -0.1) is 0 Å². The van der Waals surface area contributed by atoms with Gasteiger partial charge in [0.25, 0.3) is 0 Å². The number of aromatic nitrogens is 1. The molecule has 1 aromatic heterocycles. The summed E-state index contributed by atoms with van der Waals surface area (Å²) < 4.78 is 0. The molecular weight excluding hydrogens is 222 g/mol. The van der Waals surface area contributed by atoms with Crippen LogP contribution < -0.4 is 0 Å². The number of aryl methyl sites for hydroxylation is 2. The molecule has 2 rings (SSSR count). The van der Waals surface area contributed by atoms with Crippen LogP contribution in [0.4, 0.5) is 0 Å². The summed E-state index contributed by atoms with van der Waals surface area (Å²) in [6, 6.07) is 8.94. The standard InChI is InChI=1S/C13H12ClNO/c1-8-7-11(9(2)15-8)13(16)10-5-3-4-6-12(10)14/h3-7,15H,1-2H3. The van der Waals surface area contributed by atoms with Crippen LogP contribution in [0.25, 0.3) is 0 Å². The van der Waals surface area contributed by atoms with Crippen molar-refractivity contribution in [1.82, 2.24) is 4.98 Å². The summed E-state index contributed by atoms with van der Waals surface area (Å²) in [7, 11) is 0. The zero-order valence-electron chi connectivity index (χ0n) is 9.17. The van der Waals surface area contributed by atoms with Gasteiger partial charge >= 0.3 is 0 Å². The molecule has 0 saturated heterocycles. The van der Waals surface area contributed by atoms with Crippen molar-refractivity contribution in [3.63, 3.8) is 0 Å². The van der Waals surface area contributed by atoms with Crippen molar-refractivity contribution < 1.29 is 4.79 Å². The van der Waals surface area contributed by atoms with Crippen molar-refractivity contribution in [2.75, 3.05) is 0 Å². The second-order valence-corrected chi connectivity index (χ2v) is 4.21. The minimum absolute atomic E-state index is 0.0348. The van der Waals surface area contributed by atoms with Crippen molar-refractivity contribution in [2.24, 2.45) is 0 Å². The Labute approximate surface area is 99.3 Å². The minimum Gasteiger partial charge on any atom is -0.362 e. The summed E-state index contributed by atoms with van der Waals surface area (Å²) in [5.74, 6) is -0.0348. The van der Waals surface area contributed by atoms with Crippen LogP contribution in [0.5, 0.6) is 0 Å². The van der Waals surface area contributed by atoms with Gasteiger partial charge in [-0.2, -0.15) is 0 Å². The highest BCUT2D eigenvalue weighted by Crippen LogP contribution is 2.21. The number of H-pyrrole nitrogens is 1. The molecule has 16 heavy (non-hydrogen) atoms. The molecule has 0 fully saturated rings. The SMILES string of the molecule is Cc1cc(C(=O)c2ccccc2Cl)c(C)[nH]1. The maximum atomic E-state index is 12.2. The first-order valence-corrected chi connectivity index (χ1v) is 5.43. The van der Waals surface area contributed by atoms with E-state index >= 15 is 0 Å². The van der Waals surface area contributed by atoms with Crippen LogP contribution in [0.2, 0.25) is 5.02 Å². The Bertz CT molecular complexity index is 543.